The van der Waals surface area contributed by atoms with Crippen molar-refractivity contribution in [2.75, 3.05) is 0 Å². The summed E-state index contributed by atoms with van der Waals surface area (Å²) >= 11 is 8.20. The fourth-order valence-corrected chi connectivity index (χ4v) is 3.70. The zero-order chi connectivity index (χ0) is 14.7. The van der Waals surface area contributed by atoms with E-state index in [4.69, 9.17) is 0 Å². The van der Waals surface area contributed by atoms with Crippen molar-refractivity contribution in [2.24, 2.45) is 0 Å². The van der Waals surface area contributed by atoms with Gasteiger partial charge in [-0.3, -0.25) is 4.79 Å². The first kappa shape index (κ1) is 15.7. The van der Waals surface area contributed by atoms with Gasteiger partial charge in [-0.1, -0.05) is 38.1 Å². The van der Waals surface area contributed by atoms with Gasteiger partial charge in [-0.2, -0.15) is 0 Å². The van der Waals surface area contributed by atoms with Crippen molar-refractivity contribution in [1.29, 1.82) is 0 Å². The van der Waals surface area contributed by atoms with Crippen LogP contribution in [0.1, 0.15) is 40.6 Å². The summed E-state index contributed by atoms with van der Waals surface area (Å²) in [7, 11) is 0. The highest BCUT2D eigenvalue weighted by Gasteiger charge is 2.11. The standard InChI is InChI=1S/C15H15Br2NOS/c1-9(2)11-5-3-10(4-6-11)8-18-15(19)13-7-12(16)14(17)20-13/h3-7,9H,8H2,1-2H3,(H,18,19). The number of halogens is 2. The molecule has 0 saturated heterocycles. The molecule has 0 unspecified atom stereocenters. The normalized spacial score (nSPS) is 10.8. The van der Waals surface area contributed by atoms with Crippen LogP contribution in [-0.4, -0.2) is 5.91 Å². The Bertz CT molecular complexity index is 585. The Labute approximate surface area is 139 Å². The van der Waals surface area contributed by atoms with E-state index in [1.807, 2.05) is 6.07 Å². The van der Waals surface area contributed by atoms with Crippen LogP contribution in [0.3, 0.4) is 0 Å². The lowest BCUT2D eigenvalue weighted by molar-refractivity contribution is 0.0955. The maximum Gasteiger partial charge on any atom is 0.261 e. The lowest BCUT2D eigenvalue weighted by Gasteiger charge is -2.07. The third-order valence-corrected chi connectivity index (χ3v) is 6.22. The molecule has 0 aliphatic rings. The van der Waals surface area contributed by atoms with Gasteiger partial charge in [-0.25, -0.2) is 0 Å². The number of nitrogens with one attached hydrogen (secondary N) is 1. The van der Waals surface area contributed by atoms with Crippen LogP contribution in [0.4, 0.5) is 0 Å². The molecular weight excluding hydrogens is 402 g/mol. The molecule has 0 fully saturated rings. The Balaban J connectivity index is 1.96. The van der Waals surface area contributed by atoms with E-state index in [1.165, 1.54) is 16.9 Å². The Morgan fingerprint density at radius 2 is 1.90 bits per heavy atom. The first-order chi connectivity index (χ1) is 9.47. The van der Waals surface area contributed by atoms with Crippen LogP contribution in [0.2, 0.25) is 0 Å². The Hall–Kier alpha value is -0.650. The fourth-order valence-electron chi connectivity index (χ4n) is 1.75. The van der Waals surface area contributed by atoms with Gasteiger partial charge in [0.25, 0.3) is 5.91 Å². The second-order valence-corrected chi connectivity index (χ2v) is 8.04. The van der Waals surface area contributed by atoms with Gasteiger partial charge in [0.05, 0.1) is 8.66 Å². The minimum atomic E-state index is -0.0469. The molecule has 106 valence electrons. The molecule has 0 spiro atoms. The molecule has 2 rings (SSSR count). The molecule has 1 N–H and O–H groups in total. The van der Waals surface area contributed by atoms with Gasteiger partial charge in [0, 0.05) is 11.0 Å². The monoisotopic (exact) mass is 415 g/mol. The summed E-state index contributed by atoms with van der Waals surface area (Å²) in [5, 5.41) is 2.93. The van der Waals surface area contributed by atoms with Crippen molar-refractivity contribution in [1.82, 2.24) is 5.32 Å². The molecule has 0 radical (unpaired) electrons. The zero-order valence-corrected chi connectivity index (χ0v) is 15.2. The van der Waals surface area contributed by atoms with Gasteiger partial charge in [-0.15, -0.1) is 11.3 Å². The Morgan fingerprint density at radius 1 is 1.25 bits per heavy atom. The summed E-state index contributed by atoms with van der Waals surface area (Å²) in [5.74, 6) is 0.480. The largest absolute Gasteiger partial charge is 0.347 e. The number of hydrogen-bond acceptors (Lipinski definition) is 2. The van der Waals surface area contributed by atoms with E-state index in [1.54, 1.807) is 0 Å². The minimum absolute atomic E-state index is 0.0469. The van der Waals surface area contributed by atoms with Gasteiger partial charge in [0.1, 0.15) is 0 Å². The molecule has 20 heavy (non-hydrogen) atoms. The summed E-state index contributed by atoms with van der Waals surface area (Å²) in [6.07, 6.45) is 0. The van der Waals surface area contributed by atoms with E-state index in [-0.39, 0.29) is 5.91 Å². The van der Waals surface area contributed by atoms with Crippen LogP contribution in [0.15, 0.2) is 38.6 Å². The molecule has 0 bridgehead atoms. The van der Waals surface area contributed by atoms with E-state index >= 15 is 0 Å². The second-order valence-electron chi connectivity index (χ2n) is 4.81. The van der Waals surface area contributed by atoms with Crippen molar-refractivity contribution in [2.45, 2.75) is 26.3 Å². The highest BCUT2D eigenvalue weighted by molar-refractivity contribution is 9.13. The number of amides is 1. The van der Waals surface area contributed by atoms with Crippen molar-refractivity contribution >= 4 is 49.1 Å². The lowest BCUT2D eigenvalue weighted by atomic mass is 10.0. The quantitative estimate of drug-likeness (QED) is 0.717. The molecule has 0 aliphatic carbocycles. The maximum absolute atomic E-state index is 12.0. The molecule has 2 aromatic rings. The predicted molar refractivity (Wildman–Crippen MR) is 91.4 cm³/mol. The average molecular weight is 417 g/mol. The van der Waals surface area contributed by atoms with Crippen molar-refractivity contribution < 1.29 is 4.79 Å². The SMILES string of the molecule is CC(C)c1ccc(CNC(=O)c2cc(Br)c(Br)s2)cc1. The number of thiophene rings is 1. The van der Waals surface area contributed by atoms with Gasteiger partial charge >= 0.3 is 0 Å². The maximum atomic E-state index is 12.0. The molecule has 1 heterocycles. The number of hydrogen-bond donors (Lipinski definition) is 1. The van der Waals surface area contributed by atoms with Gasteiger partial charge in [-0.05, 0) is 55.0 Å². The van der Waals surface area contributed by atoms with Crippen molar-refractivity contribution in [3.8, 4) is 0 Å². The molecular formula is C15H15Br2NOS. The van der Waals surface area contributed by atoms with Crippen LogP contribution in [0.25, 0.3) is 0 Å². The highest BCUT2D eigenvalue weighted by atomic mass is 79.9. The van der Waals surface area contributed by atoms with Crippen LogP contribution >= 0.6 is 43.2 Å². The number of carbonyl (C=O) groups excluding carboxylic acids is 1. The van der Waals surface area contributed by atoms with Crippen LogP contribution in [0, 0.1) is 0 Å². The van der Waals surface area contributed by atoms with Crippen molar-refractivity contribution in [3.63, 3.8) is 0 Å². The van der Waals surface area contributed by atoms with E-state index in [9.17, 15) is 4.79 Å². The molecule has 0 atom stereocenters. The third kappa shape index (κ3) is 3.93. The van der Waals surface area contributed by atoms with Gasteiger partial charge in [0.2, 0.25) is 0 Å². The van der Waals surface area contributed by atoms with E-state index in [0.717, 1.165) is 13.8 Å². The van der Waals surface area contributed by atoms with E-state index < -0.39 is 0 Å². The predicted octanol–water partition coefficient (Wildman–Crippen LogP) is 5.33. The van der Waals surface area contributed by atoms with E-state index in [2.05, 4.69) is 75.3 Å². The number of rotatable bonds is 4. The molecule has 1 aromatic heterocycles. The summed E-state index contributed by atoms with van der Waals surface area (Å²) < 4.78 is 1.85. The van der Waals surface area contributed by atoms with E-state index in [0.29, 0.717) is 17.3 Å². The van der Waals surface area contributed by atoms with Crippen LogP contribution < -0.4 is 5.32 Å². The van der Waals surface area contributed by atoms with Crippen molar-refractivity contribution in [3.05, 3.63) is 54.6 Å². The molecule has 5 heteroatoms. The minimum Gasteiger partial charge on any atom is -0.347 e. The second kappa shape index (κ2) is 6.87. The lowest BCUT2D eigenvalue weighted by Crippen LogP contribution is -2.21. The Morgan fingerprint density at radius 3 is 2.40 bits per heavy atom. The van der Waals surface area contributed by atoms with Crippen LogP contribution in [-0.2, 0) is 6.54 Å². The third-order valence-electron chi connectivity index (χ3n) is 2.97. The summed E-state index contributed by atoms with van der Waals surface area (Å²) in [6.45, 7) is 4.89. The summed E-state index contributed by atoms with van der Waals surface area (Å²) in [5.41, 5.74) is 2.42. The fraction of sp³-hybridized carbons (Fsp3) is 0.267. The average Bonchev–Trinajstić information content (AvgIpc) is 2.76. The Kier molecular flexibility index (Phi) is 5.41. The summed E-state index contributed by atoms with van der Waals surface area (Å²) in [4.78, 5) is 12.7. The first-order valence-electron chi connectivity index (χ1n) is 6.29. The smallest absolute Gasteiger partial charge is 0.261 e. The molecule has 2 nitrogen and oxygen atoms in total. The van der Waals surface area contributed by atoms with Gasteiger partial charge in [0.15, 0.2) is 0 Å². The molecule has 0 aliphatic heterocycles. The zero-order valence-electron chi connectivity index (χ0n) is 11.2. The number of benzene rings is 1. The topological polar surface area (TPSA) is 29.1 Å². The molecule has 1 amide bonds. The number of carbonyl (C=O) groups is 1. The van der Waals surface area contributed by atoms with Gasteiger partial charge < -0.3 is 5.32 Å². The van der Waals surface area contributed by atoms with Crippen LogP contribution in [0.5, 0.6) is 0 Å². The molecule has 0 saturated carbocycles. The molecule has 1 aromatic carbocycles. The first-order valence-corrected chi connectivity index (χ1v) is 8.69. The summed E-state index contributed by atoms with van der Waals surface area (Å²) in [6, 6.07) is 10.2. The highest BCUT2D eigenvalue weighted by Crippen LogP contribution is 2.32.